The van der Waals surface area contributed by atoms with Crippen molar-refractivity contribution in [1.29, 1.82) is 0 Å². The number of nitrogens with zero attached hydrogens (tertiary/aromatic N) is 2. The fourth-order valence-electron chi connectivity index (χ4n) is 3.79. The Morgan fingerprint density at radius 1 is 1.19 bits per heavy atom. The summed E-state index contributed by atoms with van der Waals surface area (Å²) < 4.78 is 25.4. The van der Waals surface area contributed by atoms with Gasteiger partial charge < -0.3 is 31.3 Å². The van der Waals surface area contributed by atoms with Gasteiger partial charge in [0.25, 0.3) is 0 Å². The average molecular weight is 526 g/mol. The lowest BCUT2D eigenvalue weighted by Gasteiger charge is -2.40. The van der Waals surface area contributed by atoms with Crippen molar-refractivity contribution in [2.24, 2.45) is 0 Å². The van der Waals surface area contributed by atoms with Gasteiger partial charge in [0, 0.05) is 31.3 Å². The zero-order valence-corrected chi connectivity index (χ0v) is 22.1. The van der Waals surface area contributed by atoms with Crippen molar-refractivity contribution in [3.63, 3.8) is 0 Å². The molecule has 2 amide bonds. The zero-order chi connectivity index (χ0) is 26.8. The van der Waals surface area contributed by atoms with Gasteiger partial charge in [-0.1, -0.05) is 18.2 Å². The molecule has 1 aliphatic rings. The number of urea groups is 1. The second kappa shape index (κ2) is 13.1. The van der Waals surface area contributed by atoms with Crippen LogP contribution >= 0.6 is 0 Å². The van der Waals surface area contributed by atoms with Crippen LogP contribution in [0.2, 0.25) is 0 Å². The highest BCUT2D eigenvalue weighted by Crippen LogP contribution is 2.48. The van der Waals surface area contributed by atoms with Crippen LogP contribution in [-0.4, -0.2) is 83.9 Å². The smallest absolute Gasteiger partial charge is 0.315 e. The number of amides is 2. The molecule has 0 radical (unpaired) electrons. The topological polar surface area (TPSA) is 174 Å². The number of carbonyl (C=O) groups is 1. The van der Waals surface area contributed by atoms with Crippen LogP contribution in [0, 0.1) is 0 Å². The molecule has 202 valence electrons. The van der Waals surface area contributed by atoms with Gasteiger partial charge in [-0.25, -0.2) is 23.2 Å². The molecule has 0 atom stereocenters. The highest BCUT2D eigenvalue weighted by Gasteiger charge is 2.51. The molecular weight excluding hydrogens is 486 g/mol. The van der Waals surface area contributed by atoms with Crippen molar-refractivity contribution in [3.05, 3.63) is 35.8 Å². The van der Waals surface area contributed by atoms with Crippen LogP contribution in [0.4, 0.5) is 10.6 Å². The molecule has 1 fully saturated rings. The van der Waals surface area contributed by atoms with Crippen LogP contribution in [0.15, 0.2) is 24.3 Å². The summed E-state index contributed by atoms with van der Waals surface area (Å²) in [5.74, 6) is 0.602. The van der Waals surface area contributed by atoms with Gasteiger partial charge >= 0.3 is 6.03 Å². The largest absolute Gasteiger partial charge is 0.396 e. The van der Waals surface area contributed by atoms with Gasteiger partial charge in [0.15, 0.2) is 15.7 Å². The SMILES string of the molecule is C/C=C(\C=C/CNC(=O)NC(C)(C)CO)c1nc(NCCO)cc(C2(S(=O)(=O)CCCO)CCC2)n1. The Morgan fingerprint density at radius 3 is 2.47 bits per heavy atom. The second-order valence-corrected chi connectivity index (χ2v) is 11.8. The summed E-state index contributed by atoms with van der Waals surface area (Å²) in [6.07, 6.45) is 7.05. The van der Waals surface area contributed by atoms with Crippen LogP contribution in [-0.2, 0) is 14.6 Å². The standard InChI is InChI=1S/C24H39N5O6S/c1-4-18(8-5-11-26-22(33)29-23(2,3)17-32)21-27-19(16-20(28-21)25-12-14-31)24(9-6-10-24)36(34,35)15-7-13-30/h4-5,8,16,30-32H,6-7,9-15,17H2,1-3H3,(H,25,27,28)(H2,26,29,33)/b8-5-,18-4+. The van der Waals surface area contributed by atoms with E-state index >= 15 is 0 Å². The van der Waals surface area contributed by atoms with Crippen LogP contribution in [0.25, 0.3) is 5.57 Å². The molecule has 0 aromatic carbocycles. The number of allylic oxidation sites excluding steroid dienone is 3. The molecule has 36 heavy (non-hydrogen) atoms. The van der Waals surface area contributed by atoms with Crippen LogP contribution in [0.3, 0.4) is 0 Å². The third-order valence-corrected chi connectivity index (χ3v) is 8.67. The summed E-state index contributed by atoms with van der Waals surface area (Å²) >= 11 is 0. The summed E-state index contributed by atoms with van der Waals surface area (Å²) in [7, 11) is -3.57. The maximum atomic E-state index is 13.2. The molecule has 0 unspecified atom stereocenters. The minimum Gasteiger partial charge on any atom is -0.396 e. The average Bonchev–Trinajstić information content (AvgIpc) is 2.80. The third kappa shape index (κ3) is 7.48. The van der Waals surface area contributed by atoms with Gasteiger partial charge in [-0.2, -0.15) is 0 Å². The number of aliphatic hydroxyl groups excluding tert-OH is 3. The number of sulfone groups is 1. The fourth-order valence-corrected chi connectivity index (χ4v) is 6.02. The van der Waals surface area contributed by atoms with Crippen molar-refractivity contribution >= 4 is 27.3 Å². The number of rotatable bonds is 14. The number of carbonyl (C=O) groups excluding carboxylic acids is 1. The predicted molar refractivity (Wildman–Crippen MR) is 139 cm³/mol. The number of hydrogen-bond acceptors (Lipinski definition) is 9. The molecule has 1 aromatic heterocycles. The normalized spacial score (nSPS) is 16.0. The van der Waals surface area contributed by atoms with E-state index in [4.69, 9.17) is 0 Å². The van der Waals surface area contributed by atoms with Gasteiger partial charge in [0.05, 0.1) is 30.2 Å². The first kappa shape index (κ1) is 29.7. The van der Waals surface area contributed by atoms with E-state index in [1.807, 2.05) is 0 Å². The van der Waals surface area contributed by atoms with Gasteiger partial charge in [-0.15, -0.1) is 0 Å². The Bertz CT molecular complexity index is 1050. The minimum atomic E-state index is -3.57. The number of anilines is 1. The molecule has 11 nitrogen and oxygen atoms in total. The van der Waals surface area contributed by atoms with E-state index in [0.717, 1.165) is 6.42 Å². The van der Waals surface area contributed by atoms with Gasteiger partial charge in [0.2, 0.25) is 0 Å². The fraction of sp³-hybridized carbons (Fsp3) is 0.625. The van der Waals surface area contributed by atoms with Crippen LogP contribution in [0.5, 0.6) is 0 Å². The van der Waals surface area contributed by atoms with Crippen molar-refractivity contribution < 1.29 is 28.5 Å². The first-order valence-electron chi connectivity index (χ1n) is 12.1. The lowest BCUT2D eigenvalue weighted by Crippen LogP contribution is -2.50. The molecule has 6 N–H and O–H groups in total. The van der Waals surface area contributed by atoms with E-state index in [0.29, 0.717) is 35.8 Å². The predicted octanol–water partition coefficient (Wildman–Crippen LogP) is 1.09. The van der Waals surface area contributed by atoms with Crippen molar-refractivity contribution in [2.75, 3.05) is 44.0 Å². The molecule has 0 aliphatic heterocycles. The van der Waals surface area contributed by atoms with Crippen LogP contribution in [0.1, 0.15) is 58.0 Å². The Balaban J connectivity index is 2.31. The Labute approximate surface area is 213 Å². The first-order valence-corrected chi connectivity index (χ1v) is 13.8. The number of hydrogen-bond donors (Lipinski definition) is 6. The van der Waals surface area contributed by atoms with E-state index in [2.05, 4.69) is 25.9 Å². The Hall–Kier alpha value is -2.54. The van der Waals surface area contributed by atoms with Crippen molar-refractivity contribution in [3.8, 4) is 0 Å². The monoisotopic (exact) mass is 525 g/mol. The lowest BCUT2D eigenvalue weighted by atomic mass is 9.81. The third-order valence-electron chi connectivity index (χ3n) is 6.03. The minimum absolute atomic E-state index is 0.119. The molecule has 1 aromatic rings. The number of nitrogens with one attached hydrogen (secondary N) is 3. The summed E-state index contributed by atoms with van der Waals surface area (Å²) in [5, 5.41) is 36.0. The molecular formula is C24H39N5O6S. The lowest BCUT2D eigenvalue weighted by molar-refractivity contribution is 0.182. The van der Waals surface area contributed by atoms with Crippen molar-refractivity contribution in [2.45, 2.75) is 56.7 Å². The second-order valence-electron chi connectivity index (χ2n) is 9.38. The summed E-state index contributed by atoms with van der Waals surface area (Å²) in [6.45, 7) is 5.13. The summed E-state index contributed by atoms with van der Waals surface area (Å²) in [5.41, 5.74) is 0.279. The van der Waals surface area contributed by atoms with Crippen LogP contribution < -0.4 is 16.0 Å². The van der Waals surface area contributed by atoms with E-state index in [1.165, 1.54) is 0 Å². The molecule has 1 saturated carbocycles. The van der Waals surface area contributed by atoms with E-state index in [1.54, 1.807) is 45.1 Å². The Kier molecular flexibility index (Phi) is 10.8. The highest BCUT2D eigenvalue weighted by molar-refractivity contribution is 7.92. The van der Waals surface area contributed by atoms with Gasteiger partial charge in [0.1, 0.15) is 10.6 Å². The molecule has 2 rings (SSSR count). The molecule has 1 heterocycles. The maximum absolute atomic E-state index is 13.2. The zero-order valence-electron chi connectivity index (χ0n) is 21.2. The molecule has 0 spiro atoms. The molecule has 0 bridgehead atoms. The molecule has 0 saturated heterocycles. The quantitative estimate of drug-likeness (QED) is 0.194. The molecule has 12 heteroatoms. The maximum Gasteiger partial charge on any atom is 0.315 e. The first-order chi connectivity index (χ1) is 17.0. The highest BCUT2D eigenvalue weighted by atomic mass is 32.2. The van der Waals surface area contributed by atoms with Gasteiger partial charge in [-0.3, -0.25) is 0 Å². The summed E-state index contributed by atoms with van der Waals surface area (Å²) in [6, 6.07) is 1.20. The van der Waals surface area contributed by atoms with E-state index in [-0.39, 0.29) is 45.1 Å². The Morgan fingerprint density at radius 2 is 1.92 bits per heavy atom. The number of aromatic nitrogens is 2. The van der Waals surface area contributed by atoms with E-state index < -0.39 is 26.2 Å². The van der Waals surface area contributed by atoms with E-state index in [9.17, 15) is 28.5 Å². The van der Waals surface area contributed by atoms with Crippen molar-refractivity contribution in [1.82, 2.24) is 20.6 Å². The molecule has 1 aliphatic carbocycles. The van der Waals surface area contributed by atoms with Gasteiger partial charge in [-0.05, 0) is 46.5 Å². The number of aliphatic hydroxyl groups is 3. The summed E-state index contributed by atoms with van der Waals surface area (Å²) in [4.78, 5) is 21.2.